The quantitative estimate of drug-likeness (QED) is 0.576. The zero-order valence-electron chi connectivity index (χ0n) is 16.6. The lowest BCUT2D eigenvalue weighted by Gasteiger charge is -2.27. The fraction of sp³-hybridized carbons (Fsp3) is 0.318. The van der Waals surface area contributed by atoms with Crippen LogP contribution >= 0.6 is 23.2 Å². The molecule has 1 N–H and O–H groups in total. The van der Waals surface area contributed by atoms with E-state index in [2.05, 4.69) is 5.32 Å². The van der Waals surface area contributed by atoms with Crippen molar-refractivity contribution in [2.24, 2.45) is 11.8 Å². The van der Waals surface area contributed by atoms with Gasteiger partial charge in [-0.15, -0.1) is 0 Å². The second-order valence-corrected chi connectivity index (χ2v) is 8.62. The van der Waals surface area contributed by atoms with Crippen molar-refractivity contribution in [3.63, 3.8) is 0 Å². The van der Waals surface area contributed by atoms with Crippen LogP contribution < -0.4 is 5.32 Å². The largest absolute Gasteiger partial charge is 0.468 e. The van der Waals surface area contributed by atoms with Gasteiger partial charge in [0.1, 0.15) is 5.54 Å². The number of ether oxygens (including phenoxy) is 1. The number of hydrogen-bond donors (Lipinski definition) is 1. The van der Waals surface area contributed by atoms with Gasteiger partial charge in [-0.1, -0.05) is 53.5 Å². The van der Waals surface area contributed by atoms with Gasteiger partial charge in [0.25, 0.3) is 0 Å². The summed E-state index contributed by atoms with van der Waals surface area (Å²) in [5.74, 6) is -2.74. The fourth-order valence-corrected chi connectivity index (χ4v) is 4.83. The van der Waals surface area contributed by atoms with Crippen LogP contribution in [-0.2, 0) is 19.1 Å². The summed E-state index contributed by atoms with van der Waals surface area (Å²) in [6.45, 7) is 1.62. The number of carbonyl (C=O) groups is 3. The Bertz CT molecular complexity index is 1060. The van der Waals surface area contributed by atoms with E-state index in [0.29, 0.717) is 10.0 Å². The Balaban J connectivity index is 1.71. The zero-order valence-corrected chi connectivity index (χ0v) is 18.1. The average molecular weight is 447 g/mol. The maximum atomic E-state index is 12.8. The van der Waals surface area contributed by atoms with Crippen LogP contribution in [-0.4, -0.2) is 42.4 Å². The number of amides is 2. The van der Waals surface area contributed by atoms with Gasteiger partial charge in [0.15, 0.2) is 0 Å². The number of halogens is 2. The molecular formula is C22H20Cl2N2O4. The summed E-state index contributed by atoms with van der Waals surface area (Å²) in [5, 5.41) is 4.16. The van der Waals surface area contributed by atoms with Crippen molar-refractivity contribution < 1.29 is 19.1 Å². The second kappa shape index (κ2) is 7.38. The molecule has 2 fully saturated rings. The first-order chi connectivity index (χ1) is 14.2. The van der Waals surface area contributed by atoms with E-state index in [1.165, 1.54) is 14.2 Å². The molecule has 156 valence electrons. The van der Waals surface area contributed by atoms with Gasteiger partial charge in [-0.2, -0.15) is 0 Å². The average Bonchev–Trinajstić information content (AvgIpc) is 3.18. The highest BCUT2D eigenvalue weighted by atomic mass is 35.5. The van der Waals surface area contributed by atoms with E-state index in [-0.39, 0.29) is 11.8 Å². The number of carbonyl (C=O) groups excluding carboxylic acids is 3. The standard InChI is InChI=1S/C22H20Cl2N2O4/c1-22(21(29)30-3)17-16(19(27)26(2)20(17)28)18(25-22)12-6-4-11(5-7-12)13-8-9-14(23)15(24)10-13/h4-10,16-18,25H,1-3H3/t16?,17?,18?,22-/m1/s1. The van der Waals surface area contributed by atoms with Crippen LogP contribution in [0.5, 0.6) is 0 Å². The van der Waals surface area contributed by atoms with Crippen LogP contribution in [0.1, 0.15) is 18.5 Å². The van der Waals surface area contributed by atoms with Crippen LogP contribution in [0.25, 0.3) is 11.1 Å². The van der Waals surface area contributed by atoms with Crippen molar-refractivity contribution in [3.8, 4) is 11.1 Å². The van der Waals surface area contributed by atoms with Crippen LogP contribution in [0, 0.1) is 11.8 Å². The van der Waals surface area contributed by atoms with E-state index in [0.717, 1.165) is 21.6 Å². The molecule has 2 aliphatic heterocycles. The molecule has 0 aliphatic carbocycles. The molecule has 2 amide bonds. The van der Waals surface area contributed by atoms with E-state index < -0.39 is 29.4 Å². The van der Waals surface area contributed by atoms with E-state index in [1.807, 2.05) is 30.3 Å². The molecule has 8 heteroatoms. The molecule has 6 nitrogen and oxygen atoms in total. The summed E-state index contributed by atoms with van der Waals surface area (Å²) in [7, 11) is 2.72. The topological polar surface area (TPSA) is 75.7 Å². The van der Waals surface area contributed by atoms with Crippen LogP contribution in [0.4, 0.5) is 0 Å². The van der Waals surface area contributed by atoms with Gasteiger partial charge in [0.05, 0.1) is 29.0 Å². The Hall–Kier alpha value is -2.41. The molecule has 0 radical (unpaired) electrons. The lowest BCUT2D eigenvalue weighted by atomic mass is 9.80. The summed E-state index contributed by atoms with van der Waals surface area (Å²) in [6.07, 6.45) is 0. The van der Waals surface area contributed by atoms with E-state index in [1.54, 1.807) is 19.1 Å². The Morgan fingerprint density at radius 3 is 2.27 bits per heavy atom. The van der Waals surface area contributed by atoms with Crippen LogP contribution in [0.3, 0.4) is 0 Å². The van der Waals surface area contributed by atoms with E-state index >= 15 is 0 Å². The normalized spacial score (nSPS) is 28.0. The van der Waals surface area contributed by atoms with Crippen molar-refractivity contribution in [3.05, 3.63) is 58.1 Å². The molecule has 0 spiro atoms. The maximum Gasteiger partial charge on any atom is 0.326 e. The van der Waals surface area contributed by atoms with Gasteiger partial charge in [-0.25, -0.2) is 0 Å². The summed E-state index contributed by atoms with van der Waals surface area (Å²) >= 11 is 12.1. The molecule has 0 bridgehead atoms. The predicted molar refractivity (Wildman–Crippen MR) is 113 cm³/mol. The predicted octanol–water partition coefficient (Wildman–Crippen LogP) is 3.47. The minimum absolute atomic E-state index is 0.302. The van der Waals surface area contributed by atoms with Gasteiger partial charge in [-0.05, 0) is 35.7 Å². The van der Waals surface area contributed by atoms with Gasteiger partial charge in [0, 0.05) is 13.1 Å². The summed E-state index contributed by atoms with van der Waals surface area (Å²) in [4.78, 5) is 39.2. The lowest BCUT2D eigenvalue weighted by Crippen LogP contribution is -2.53. The minimum Gasteiger partial charge on any atom is -0.468 e. The molecule has 2 saturated heterocycles. The number of likely N-dealkylation sites (tertiary alicyclic amines) is 1. The van der Waals surface area contributed by atoms with Gasteiger partial charge in [-0.3, -0.25) is 24.6 Å². The first kappa shape index (κ1) is 20.8. The summed E-state index contributed by atoms with van der Waals surface area (Å²) in [5.41, 5.74) is 1.34. The molecule has 4 atom stereocenters. The molecule has 4 rings (SSSR count). The van der Waals surface area contributed by atoms with Crippen molar-refractivity contribution in [2.75, 3.05) is 14.2 Å². The zero-order chi connectivity index (χ0) is 21.8. The van der Waals surface area contributed by atoms with Crippen LogP contribution in [0.15, 0.2) is 42.5 Å². The number of hydrogen-bond acceptors (Lipinski definition) is 5. The number of rotatable bonds is 3. The summed E-state index contributed by atoms with van der Waals surface area (Å²) < 4.78 is 4.94. The molecule has 2 heterocycles. The van der Waals surface area contributed by atoms with Crippen molar-refractivity contribution in [2.45, 2.75) is 18.5 Å². The number of methoxy groups -OCH3 is 1. The summed E-state index contributed by atoms with van der Waals surface area (Å²) in [6, 6.07) is 12.5. The molecule has 3 unspecified atom stereocenters. The number of esters is 1. The first-order valence-corrected chi connectivity index (χ1v) is 10.2. The number of nitrogens with one attached hydrogen (secondary N) is 1. The van der Waals surface area contributed by atoms with Gasteiger partial charge in [0.2, 0.25) is 11.8 Å². The monoisotopic (exact) mass is 446 g/mol. The molecule has 2 aromatic rings. The molecular weight excluding hydrogens is 427 g/mol. The third-order valence-electron chi connectivity index (χ3n) is 6.14. The number of imide groups is 1. The fourth-order valence-electron chi connectivity index (χ4n) is 4.53. The second-order valence-electron chi connectivity index (χ2n) is 7.81. The van der Waals surface area contributed by atoms with Gasteiger partial charge >= 0.3 is 5.97 Å². The van der Waals surface area contributed by atoms with Crippen molar-refractivity contribution in [1.29, 1.82) is 0 Å². The SMILES string of the molecule is COC(=O)[C@]1(C)NC(c2ccc(-c3ccc(Cl)c(Cl)c3)cc2)C2C(=O)N(C)C(=O)C21. The minimum atomic E-state index is -1.29. The number of fused-ring (bicyclic) bond motifs is 1. The molecule has 2 aromatic carbocycles. The van der Waals surface area contributed by atoms with Gasteiger partial charge < -0.3 is 4.74 Å². The maximum absolute atomic E-state index is 12.8. The Labute approximate surface area is 184 Å². The highest BCUT2D eigenvalue weighted by molar-refractivity contribution is 6.42. The van der Waals surface area contributed by atoms with Crippen LogP contribution in [0.2, 0.25) is 10.0 Å². The lowest BCUT2D eigenvalue weighted by molar-refractivity contribution is -0.152. The number of nitrogens with zero attached hydrogens (tertiary/aromatic N) is 1. The third-order valence-corrected chi connectivity index (χ3v) is 6.88. The Morgan fingerprint density at radius 1 is 1.03 bits per heavy atom. The highest BCUT2D eigenvalue weighted by Gasteiger charge is 2.66. The number of benzene rings is 2. The van der Waals surface area contributed by atoms with E-state index in [4.69, 9.17) is 27.9 Å². The first-order valence-electron chi connectivity index (χ1n) is 9.42. The Morgan fingerprint density at radius 2 is 1.67 bits per heavy atom. The third kappa shape index (κ3) is 3.02. The highest BCUT2D eigenvalue weighted by Crippen LogP contribution is 2.48. The molecule has 0 aromatic heterocycles. The molecule has 30 heavy (non-hydrogen) atoms. The molecule has 0 saturated carbocycles. The smallest absolute Gasteiger partial charge is 0.326 e. The van der Waals surface area contributed by atoms with Crippen molar-refractivity contribution >= 4 is 41.0 Å². The van der Waals surface area contributed by atoms with E-state index in [9.17, 15) is 14.4 Å². The Kier molecular flexibility index (Phi) is 5.12. The molecule has 2 aliphatic rings. The van der Waals surface area contributed by atoms with Crippen molar-refractivity contribution in [1.82, 2.24) is 10.2 Å².